The molecule has 0 saturated heterocycles. The van der Waals surface area contributed by atoms with Gasteiger partial charge >= 0.3 is 5.97 Å². The number of nitrogens with zero attached hydrogens (tertiary/aromatic N) is 1. The number of rotatable bonds is 4. The Morgan fingerprint density at radius 2 is 2.33 bits per heavy atom. The molecule has 18 heavy (non-hydrogen) atoms. The van der Waals surface area contributed by atoms with Crippen LogP contribution in [0.2, 0.25) is 0 Å². The number of anilines is 1. The van der Waals surface area contributed by atoms with Gasteiger partial charge in [-0.25, -0.2) is 9.78 Å². The fraction of sp³-hybridized carbons (Fsp3) is 0.167. The van der Waals surface area contributed by atoms with Gasteiger partial charge in [-0.2, -0.15) is 0 Å². The minimum atomic E-state index is -0.944. The van der Waals surface area contributed by atoms with Crippen molar-refractivity contribution in [3.05, 3.63) is 44.2 Å². The van der Waals surface area contributed by atoms with E-state index in [2.05, 4.69) is 26.2 Å². The number of aromatic carboxylic acids is 1. The van der Waals surface area contributed by atoms with Crippen molar-refractivity contribution in [2.75, 3.05) is 5.32 Å². The molecule has 0 atom stereocenters. The monoisotopic (exact) mass is 326 g/mol. The SMILES string of the molecule is Cc1cc(C(=O)O)cc(NCc2sccc2Br)n1. The lowest BCUT2D eigenvalue weighted by atomic mass is 10.2. The minimum absolute atomic E-state index is 0.246. The fourth-order valence-electron chi connectivity index (χ4n) is 1.50. The highest BCUT2D eigenvalue weighted by molar-refractivity contribution is 9.10. The predicted molar refractivity (Wildman–Crippen MR) is 75.3 cm³/mol. The molecule has 2 aromatic rings. The number of carboxylic acids is 1. The van der Waals surface area contributed by atoms with Crippen LogP contribution in [0.5, 0.6) is 0 Å². The highest BCUT2D eigenvalue weighted by atomic mass is 79.9. The van der Waals surface area contributed by atoms with E-state index in [1.807, 2.05) is 11.4 Å². The van der Waals surface area contributed by atoms with E-state index in [9.17, 15) is 4.79 Å². The van der Waals surface area contributed by atoms with Crippen LogP contribution in [0.3, 0.4) is 0 Å². The van der Waals surface area contributed by atoms with Crippen LogP contribution < -0.4 is 5.32 Å². The van der Waals surface area contributed by atoms with E-state index in [1.54, 1.807) is 24.3 Å². The van der Waals surface area contributed by atoms with E-state index in [0.29, 0.717) is 18.1 Å². The van der Waals surface area contributed by atoms with Gasteiger partial charge in [-0.15, -0.1) is 11.3 Å². The number of nitrogens with one attached hydrogen (secondary N) is 1. The van der Waals surface area contributed by atoms with Crippen LogP contribution >= 0.6 is 27.3 Å². The van der Waals surface area contributed by atoms with Crippen LogP contribution in [0.15, 0.2) is 28.1 Å². The fourth-order valence-corrected chi connectivity index (χ4v) is 2.94. The maximum absolute atomic E-state index is 10.9. The highest BCUT2D eigenvalue weighted by Crippen LogP contribution is 2.23. The van der Waals surface area contributed by atoms with Crippen LogP contribution in [0, 0.1) is 6.92 Å². The standard InChI is InChI=1S/C12H11BrN2O2S/c1-7-4-8(12(16)17)5-11(15-7)14-6-10-9(13)2-3-18-10/h2-5H,6H2,1H3,(H,14,15)(H,16,17). The first kappa shape index (κ1) is 13.0. The summed E-state index contributed by atoms with van der Waals surface area (Å²) in [5.41, 5.74) is 0.929. The van der Waals surface area contributed by atoms with Gasteiger partial charge in [0.1, 0.15) is 5.82 Å². The highest BCUT2D eigenvalue weighted by Gasteiger charge is 2.07. The number of hydrogen-bond donors (Lipinski definition) is 2. The van der Waals surface area contributed by atoms with E-state index in [4.69, 9.17) is 5.11 Å². The van der Waals surface area contributed by atoms with Gasteiger partial charge < -0.3 is 10.4 Å². The van der Waals surface area contributed by atoms with Gasteiger partial charge in [0.2, 0.25) is 0 Å². The molecule has 0 saturated carbocycles. The third kappa shape index (κ3) is 3.08. The molecule has 0 radical (unpaired) electrons. The number of thiophene rings is 1. The Balaban J connectivity index is 2.14. The summed E-state index contributed by atoms with van der Waals surface area (Å²) >= 11 is 5.08. The Morgan fingerprint density at radius 3 is 2.94 bits per heavy atom. The summed E-state index contributed by atoms with van der Waals surface area (Å²) in [5.74, 6) is -0.367. The van der Waals surface area contributed by atoms with Gasteiger partial charge in [0.15, 0.2) is 0 Å². The molecule has 94 valence electrons. The van der Waals surface area contributed by atoms with Crippen LogP contribution in [-0.4, -0.2) is 16.1 Å². The summed E-state index contributed by atoms with van der Waals surface area (Å²) in [6, 6.07) is 5.07. The zero-order chi connectivity index (χ0) is 13.1. The van der Waals surface area contributed by atoms with Crippen molar-refractivity contribution in [3.63, 3.8) is 0 Å². The Labute approximate surface area is 117 Å². The number of pyridine rings is 1. The van der Waals surface area contributed by atoms with E-state index in [1.165, 1.54) is 6.07 Å². The van der Waals surface area contributed by atoms with Crippen molar-refractivity contribution in [2.45, 2.75) is 13.5 Å². The molecule has 2 aromatic heterocycles. The van der Waals surface area contributed by atoms with E-state index >= 15 is 0 Å². The second-order valence-electron chi connectivity index (χ2n) is 3.73. The first-order valence-electron chi connectivity index (χ1n) is 5.24. The Bertz CT molecular complexity index is 583. The average Bonchev–Trinajstić information content (AvgIpc) is 2.71. The van der Waals surface area contributed by atoms with E-state index < -0.39 is 5.97 Å². The summed E-state index contributed by atoms with van der Waals surface area (Å²) < 4.78 is 1.05. The largest absolute Gasteiger partial charge is 0.478 e. The number of carboxylic acid groups (broad SMARTS) is 1. The number of carbonyl (C=O) groups is 1. The van der Waals surface area contributed by atoms with Gasteiger partial charge in [0.05, 0.1) is 12.1 Å². The molecule has 0 aromatic carbocycles. The van der Waals surface area contributed by atoms with Gasteiger partial charge in [-0.05, 0) is 46.4 Å². The van der Waals surface area contributed by atoms with Crippen LogP contribution in [0.4, 0.5) is 5.82 Å². The summed E-state index contributed by atoms with van der Waals surface area (Å²) in [7, 11) is 0. The molecule has 0 fully saturated rings. The molecular weight excluding hydrogens is 316 g/mol. The van der Waals surface area contributed by atoms with Crippen molar-refractivity contribution < 1.29 is 9.90 Å². The maximum atomic E-state index is 10.9. The molecule has 0 bridgehead atoms. The molecule has 6 heteroatoms. The normalized spacial score (nSPS) is 10.3. The summed E-state index contributed by atoms with van der Waals surface area (Å²) in [6.45, 7) is 2.40. The molecule has 0 spiro atoms. The average molecular weight is 327 g/mol. The van der Waals surface area contributed by atoms with Crippen LogP contribution in [-0.2, 0) is 6.54 Å². The lowest BCUT2D eigenvalue weighted by Crippen LogP contribution is -2.04. The summed E-state index contributed by atoms with van der Waals surface area (Å²) in [5, 5.41) is 14.1. The second kappa shape index (κ2) is 5.49. The number of aromatic nitrogens is 1. The minimum Gasteiger partial charge on any atom is -0.478 e. The van der Waals surface area contributed by atoms with Crippen molar-refractivity contribution in [1.82, 2.24) is 4.98 Å². The predicted octanol–water partition coefficient (Wildman–Crippen LogP) is 3.52. The maximum Gasteiger partial charge on any atom is 0.335 e. The zero-order valence-corrected chi connectivity index (χ0v) is 12.0. The summed E-state index contributed by atoms with van der Waals surface area (Å²) in [4.78, 5) is 16.3. The quantitative estimate of drug-likeness (QED) is 0.902. The second-order valence-corrected chi connectivity index (χ2v) is 5.59. The number of halogens is 1. The van der Waals surface area contributed by atoms with Crippen molar-refractivity contribution in [2.24, 2.45) is 0 Å². The van der Waals surface area contributed by atoms with Crippen molar-refractivity contribution >= 4 is 39.1 Å². The van der Waals surface area contributed by atoms with E-state index in [-0.39, 0.29) is 5.56 Å². The third-order valence-electron chi connectivity index (χ3n) is 2.32. The molecule has 0 aliphatic carbocycles. The van der Waals surface area contributed by atoms with Gasteiger partial charge in [0, 0.05) is 15.0 Å². The molecule has 2 heterocycles. The number of hydrogen-bond acceptors (Lipinski definition) is 4. The lowest BCUT2D eigenvalue weighted by molar-refractivity contribution is 0.0696. The molecule has 0 amide bonds. The molecule has 2 N–H and O–H groups in total. The Kier molecular flexibility index (Phi) is 3.98. The molecule has 0 aliphatic heterocycles. The van der Waals surface area contributed by atoms with Crippen LogP contribution in [0.1, 0.15) is 20.9 Å². The first-order valence-corrected chi connectivity index (χ1v) is 6.91. The van der Waals surface area contributed by atoms with Gasteiger partial charge in [-0.3, -0.25) is 0 Å². The topological polar surface area (TPSA) is 62.2 Å². The number of aryl methyl sites for hydroxylation is 1. The molecule has 0 unspecified atom stereocenters. The van der Waals surface area contributed by atoms with Gasteiger partial charge in [0.25, 0.3) is 0 Å². The van der Waals surface area contributed by atoms with E-state index in [0.717, 1.165) is 9.35 Å². The van der Waals surface area contributed by atoms with Crippen molar-refractivity contribution in [3.8, 4) is 0 Å². The molecular formula is C12H11BrN2O2S. The van der Waals surface area contributed by atoms with Crippen LogP contribution in [0.25, 0.3) is 0 Å². The zero-order valence-electron chi connectivity index (χ0n) is 9.61. The smallest absolute Gasteiger partial charge is 0.335 e. The molecule has 0 aliphatic rings. The van der Waals surface area contributed by atoms with Gasteiger partial charge in [-0.1, -0.05) is 0 Å². The Morgan fingerprint density at radius 1 is 1.56 bits per heavy atom. The first-order chi connectivity index (χ1) is 8.56. The molecule has 2 rings (SSSR count). The summed E-state index contributed by atoms with van der Waals surface area (Å²) in [6.07, 6.45) is 0. The third-order valence-corrected chi connectivity index (χ3v) is 4.25. The Hall–Kier alpha value is -1.40. The molecule has 4 nitrogen and oxygen atoms in total. The van der Waals surface area contributed by atoms with Crippen molar-refractivity contribution in [1.29, 1.82) is 0 Å². The lowest BCUT2D eigenvalue weighted by Gasteiger charge is -2.07.